The van der Waals surface area contributed by atoms with Crippen molar-refractivity contribution in [1.82, 2.24) is 4.90 Å². The van der Waals surface area contributed by atoms with Gasteiger partial charge in [-0.15, -0.1) is 0 Å². The minimum atomic E-state index is -0.277. The van der Waals surface area contributed by atoms with Gasteiger partial charge in [0.15, 0.2) is 11.5 Å². The van der Waals surface area contributed by atoms with Crippen molar-refractivity contribution in [2.24, 2.45) is 0 Å². The second-order valence-electron chi connectivity index (χ2n) is 8.50. The molecule has 3 aliphatic rings. The number of carbonyl (C=O) groups is 2. The molecule has 0 fully saturated rings. The van der Waals surface area contributed by atoms with Crippen LogP contribution in [0.25, 0.3) is 5.57 Å². The third-order valence-corrected chi connectivity index (χ3v) is 6.42. The Hall–Kier alpha value is -4.06. The molecule has 0 N–H and O–H groups in total. The van der Waals surface area contributed by atoms with E-state index in [9.17, 15) is 9.59 Å². The molecule has 2 amide bonds. The van der Waals surface area contributed by atoms with Crippen LogP contribution >= 0.6 is 0 Å². The number of anilines is 1. The average molecular weight is 438 g/mol. The number of hydrogen-bond donors (Lipinski definition) is 0. The van der Waals surface area contributed by atoms with Gasteiger partial charge < -0.3 is 14.4 Å². The Morgan fingerprint density at radius 3 is 2.52 bits per heavy atom. The Bertz CT molecular complexity index is 1330. The zero-order valence-electron chi connectivity index (χ0n) is 18.2. The molecule has 0 unspecified atom stereocenters. The highest BCUT2D eigenvalue weighted by Crippen LogP contribution is 2.39. The molecule has 164 valence electrons. The molecule has 3 aromatic rings. The predicted molar refractivity (Wildman–Crippen MR) is 124 cm³/mol. The van der Waals surface area contributed by atoms with Gasteiger partial charge in [0.05, 0.1) is 12.1 Å². The number of fused-ring (bicyclic) bond motifs is 2. The van der Waals surface area contributed by atoms with E-state index in [2.05, 4.69) is 6.07 Å². The van der Waals surface area contributed by atoms with Crippen molar-refractivity contribution in [3.05, 3.63) is 94.7 Å². The first-order valence-electron chi connectivity index (χ1n) is 11.0. The number of imide groups is 1. The van der Waals surface area contributed by atoms with Crippen LogP contribution in [-0.4, -0.2) is 30.1 Å². The van der Waals surface area contributed by atoms with Crippen molar-refractivity contribution >= 4 is 23.1 Å². The lowest BCUT2D eigenvalue weighted by atomic mass is 10.0. The smallest absolute Gasteiger partial charge is 0.278 e. The summed E-state index contributed by atoms with van der Waals surface area (Å²) in [5.41, 5.74) is 5.75. The summed E-state index contributed by atoms with van der Waals surface area (Å²) in [6, 6.07) is 21.3. The second-order valence-corrected chi connectivity index (χ2v) is 8.50. The quantitative estimate of drug-likeness (QED) is 0.575. The van der Waals surface area contributed by atoms with Crippen LogP contribution in [0.4, 0.5) is 5.69 Å². The molecule has 3 heterocycles. The fourth-order valence-electron chi connectivity index (χ4n) is 4.73. The van der Waals surface area contributed by atoms with Crippen molar-refractivity contribution in [2.45, 2.75) is 19.9 Å². The van der Waals surface area contributed by atoms with E-state index in [0.29, 0.717) is 29.3 Å². The molecule has 3 aromatic carbocycles. The van der Waals surface area contributed by atoms with Gasteiger partial charge in [0, 0.05) is 12.2 Å². The molecule has 0 radical (unpaired) electrons. The summed E-state index contributed by atoms with van der Waals surface area (Å²) in [4.78, 5) is 30.8. The van der Waals surface area contributed by atoms with Crippen LogP contribution in [0.2, 0.25) is 0 Å². The van der Waals surface area contributed by atoms with Crippen molar-refractivity contribution in [3.63, 3.8) is 0 Å². The molecule has 0 aliphatic carbocycles. The molecular weight excluding hydrogens is 416 g/mol. The van der Waals surface area contributed by atoms with Gasteiger partial charge in [0.25, 0.3) is 11.8 Å². The predicted octanol–water partition coefficient (Wildman–Crippen LogP) is 4.07. The number of ether oxygens (including phenoxy) is 2. The van der Waals surface area contributed by atoms with Crippen LogP contribution in [0.1, 0.15) is 22.3 Å². The van der Waals surface area contributed by atoms with E-state index < -0.39 is 0 Å². The Balaban J connectivity index is 1.42. The minimum Gasteiger partial charge on any atom is -0.454 e. The summed E-state index contributed by atoms with van der Waals surface area (Å²) in [5.74, 6) is 0.753. The number of hydrogen-bond acceptors (Lipinski definition) is 5. The van der Waals surface area contributed by atoms with E-state index in [4.69, 9.17) is 9.47 Å². The molecular formula is C27H22N2O4. The summed E-state index contributed by atoms with van der Waals surface area (Å²) in [5, 5.41) is 0. The van der Waals surface area contributed by atoms with Gasteiger partial charge in [-0.25, -0.2) is 0 Å². The van der Waals surface area contributed by atoms with Gasteiger partial charge in [-0.3, -0.25) is 14.5 Å². The number of amides is 2. The van der Waals surface area contributed by atoms with Crippen LogP contribution in [0, 0.1) is 6.92 Å². The summed E-state index contributed by atoms with van der Waals surface area (Å²) in [7, 11) is 0. The van der Waals surface area contributed by atoms with Crippen molar-refractivity contribution in [2.75, 3.05) is 18.2 Å². The highest BCUT2D eigenvalue weighted by Gasteiger charge is 2.43. The number of rotatable bonds is 4. The van der Waals surface area contributed by atoms with E-state index >= 15 is 0 Å². The van der Waals surface area contributed by atoms with Crippen LogP contribution in [-0.2, 0) is 22.6 Å². The zero-order valence-corrected chi connectivity index (χ0v) is 18.2. The molecule has 33 heavy (non-hydrogen) atoms. The molecule has 3 aliphatic heterocycles. The summed E-state index contributed by atoms with van der Waals surface area (Å²) in [6.45, 7) is 3.02. The maximum Gasteiger partial charge on any atom is 0.278 e. The molecule has 0 saturated carbocycles. The monoisotopic (exact) mass is 438 g/mol. The van der Waals surface area contributed by atoms with E-state index in [1.807, 2.05) is 72.5 Å². The Labute approximate surface area is 191 Å². The van der Waals surface area contributed by atoms with Gasteiger partial charge in [-0.1, -0.05) is 54.1 Å². The van der Waals surface area contributed by atoms with Crippen LogP contribution in [0.5, 0.6) is 11.5 Å². The molecule has 6 nitrogen and oxygen atoms in total. The van der Waals surface area contributed by atoms with Crippen LogP contribution in [0.3, 0.4) is 0 Å². The number of nitrogens with zero attached hydrogens (tertiary/aromatic N) is 2. The average Bonchev–Trinajstić information content (AvgIpc) is 3.52. The highest BCUT2D eigenvalue weighted by atomic mass is 16.7. The van der Waals surface area contributed by atoms with Gasteiger partial charge in [-0.05, 0) is 48.2 Å². The standard InChI is InChI=1S/C27H22N2O4/c1-17-6-9-20(10-7-17)24-25(28-13-12-19-4-2-3-5-21(19)28)27(31)29(26(24)30)15-18-8-11-22-23(14-18)33-16-32-22/h2-11,14H,12-13,15-16H2,1H3. The van der Waals surface area contributed by atoms with Crippen LogP contribution in [0.15, 0.2) is 72.4 Å². The first-order valence-corrected chi connectivity index (χ1v) is 11.0. The normalized spacial score (nSPS) is 16.8. The molecule has 0 saturated heterocycles. The van der Waals surface area contributed by atoms with E-state index in [0.717, 1.165) is 28.8 Å². The maximum absolute atomic E-state index is 13.8. The fraction of sp³-hybridized carbons (Fsp3) is 0.185. The van der Waals surface area contributed by atoms with Gasteiger partial charge in [0.2, 0.25) is 6.79 Å². The largest absolute Gasteiger partial charge is 0.454 e. The van der Waals surface area contributed by atoms with Gasteiger partial charge >= 0.3 is 0 Å². The second kappa shape index (κ2) is 7.52. The van der Waals surface area contributed by atoms with Gasteiger partial charge in [-0.2, -0.15) is 0 Å². The maximum atomic E-state index is 13.8. The van der Waals surface area contributed by atoms with Crippen LogP contribution < -0.4 is 14.4 Å². The molecule has 0 bridgehead atoms. The lowest BCUT2D eigenvalue weighted by molar-refractivity contribution is -0.137. The highest BCUT2D eigenvalue weighted by molar-refractivity contribution is 6.36. The summed E-state index contributed by atoms with van der Waals surface area (Å²) < 4.78 is 10.9. The van der Waals surface area contributed by atoms with Gasteiger partial charge in [0.1, 0.15) is 5.70 Å². The third kappa shape index (κ3) is 3.18. The minimum absolute atomic E-state index is 0.169. The van der Waals surface area contributed by atoms with Crippen molar-refractivity contribution in [1.29, 1.82) is 0 Å². The number of para-hydroxylation sites is 1. The lowest BCUT2D eigenvalue weighted by Crippen LogP contribution is -2.34. The molecule has 6 heteroatoms. The van der Waals surface area contributed by atoms with E-state index in [1.54, 1.807) is 0 Å². The first kappa shape index (κ1) is 19.6. The molecule has 6 rings (SSSR count). The SMILES string of the molecule is Cc1ccc(C2=C(N3CCc4ccccc43)C(=O)N(Cc3ccc4c(c3)OCO4)C2=O)cc1. The van der Waals surface area contributed by atoms with E-state index in [1.165, 1.54) is 10.5 Å². The molecule has 0 atom stereocenters. The number of carbonyl (C=O) groups excluding carboxylic acids is 2. The lowest BCUT2D eigenvalue weighted by Gasteiger charge is -2.22. The topological polar surface area (TPSA) is 59.1 Å². The molecule has 0 aromatic heterocycles. The Morgan fingerprint density at radius 2 is 1.67 bits per heavy atom. The number of benzene rings is 3. The third-order valence-electron chi connectivity index (χ3n) is 6.42. The van der Waals surface area contributed by atoms with Crippen molar-refractivity contribution in [3.8, 4) is 11.5 Å². The fourth-order valence-corrected chi connectivity index (χ4v) is 4.73. The zero-order chi connectivity index (χ0) is 22.5. The molecule has 0 spiro atoms. The van der Waals surface area contributed by atoms with E-state index in [-0.39, 0.29) is 25.2 Å². The summed E-state index contributed by atoms with van der Waals surface area (Å²) >= 11 is 0. The summed E-state index contributed by atoms with van der Waals surface area (Å²) in [6.07, 6.45) is 0.838. The van der Waals surface area contributed by atoms with Crippen molar-refractivity contribution < 1.29 is 19.1 Å². The Kier molecular flexibility index (Phi) is 4.47. The number of aryl methyl sites for hydroxylation is 1. The Morgan fingerprint density at radius 1 is 0.879 bits per heavy atom. The first-order chi connectivity index (χ1) is 16.1.